The second-order valence-corrected chi connectivity index (χ2v) is 17.8. The maximum absolute atomic E-state index is 14.0. The Morgan fingerprint density at radius 2 is 0.972 bits per heavy atom. The van der Waals surface area contributed by atoms with Gasteiger partial charge in [-0.1, -0.05) is 76.8 Å². The van der Waals surface area contributed by atoms with Gasteiger partial charge in [0.05, 0.1) is 32.2 Å². The average Bonchev–Trinajstić information content (AvgIpc) is 3.31. The highest BCUT2D eigenvalue weighted by Gasteiger charge is 2.36. The second kappa shape index (κ2) is 32.1. The molecule has 0 saturated carbocycles. The molecule has 0 radical (unpaired) electrons. The van der Waals surface area contributed by atoms with Gasteiger partial charge in [-0.2, -0.15) is 0 Å². The molecular weight excluding hydrogens is 947 g/mol. The third-order valence-corrected chi connectivity index (χ3v) is 11.5. The van der Waals surface area contributed by atoms with E-state index in [4.69, 9.17) is 17.2 Å². The summed E-state index contributed by atoms with van der Waals surface area (Å²) >= 11 is 0. The van der Waals surface area contributed by atoms with E-state index in [0.717, 1.165) is 51.9 Å². The van der Waals surface area contributed by atoms with E-state index in [0.29, 0.717) is 12.8 Å². The van der Waals surface area contributed by atoms with Crippen LogP contribution in [0.4, 0.5) is 0 Å². The molecule has 1 fully saturated rings. The number of rotatable bonds is 22. The van der Waals surface area contributed by atoms with E-state index in [9.17, 15) is 73.2 Å². The predicted octanol–water partition coefficient (Wildman–Crippen LogP) is -4.48. The lowest BCUT2D eigenvalue weighted by atomic mass is 10.0. The van der Waals surface area contributed by atoms with Gasteiger partial charge in [-0.15, -0.1) is 0 Å². The smallest absolute Gasteiger partial charge is 0.245 e. The van der Waals surface area contributed by atoms with Crippen molar-refractivity contribution in [2.24, 2.45) is 17.2 Å². The van der Waals surface area contributed by atoms with Gasteiger partial charge in [-0.3, -0.25) is 52.7 Å². The van der Waals surface area contributed by atoms with Crippen LogP contribution in [0.25, 0.3) is 0 Å². The minimum absolute atomic E-state index is 0.180. The maximum Gasteiger partial charge on any atom is 0.245 e. The molecule has 1 aromatic carbocycles. The zero-order valence-corrected chi connectivity index (χ0v) is 40.7. The van der Waals surface area contributed by atoms with Crippen molar-refractivity contribution >= 4 is 65.0 Å². The van der Waals surface area contributed by atoms with Crippen molar-refractivity contribution in [1.82, 2.24) is 42.5 Å². The van der Waals surface area contributed by atoms with Crippen molar-refractivity contribution in [2.75, 3.05) is 13.2 Å². The van der Waals surface area contributed by atoms with Crippen molar-refractivity contribution in [3.8, 4) is 5.75 Å². The number of nitrogens with two attached hydrogens (primary N) is 3. The number of aliphatic hydroxyl groups is 3. The van der Waals surface area contributed by atoms with Gasteiger partial charge in [0, 0.05) is 25.3 Å². The van der Waals surface area contributed by atoms with Crippen LogP contribution in [0.5, 0.6) is 5.75 Å². The fraction of sp³-hybridized carbons (Fsp3) is 0.630. The molecule has 1 aliphatic heterocycles. The van der Waals surface area contributed by atoms with Crippen LogP contribution >= 0.6 is 0 Å². The number of hydrogen-bond donors (Lipinski definition) is 15. The largest absolute Gasteiger partial charge is 0.508 e. The average molecular weight is 1020 g/mol. The molecule has 26 heteroatoms. The number of benzene rings is 1. The second-order valence-electron chi connectivity index (χ2n) is 17.8. The Kier molecular flexibility index (Phi) is 27.3. The summed E-state index contributed by atoms with van der Waals surface area (Å²) in [7, 11) is 0. The number of nitrogens with one attached hydrogen (secondary N) is 8. The molecule has 11 amide bonds. The summed E-state index contributed by atoms with van der Waals surface area (Å²) in [4.78, 5) is 146. The topological polar surface area (TPSA) is 443 Å². The molecule has 0 aromatic heterocycles. The summed E-state index contributed by atoms with van der Waals surface area (Å²) in [6.45, 7) is 1.11. The van der Waals surface area contributed by atoms with Crippen molar-refractivity contribution in [2.45, 2.75) is 171 Å². The van der Waals surface area contributed by atoms with Gasteiger partial charge in [-0.25, -0.2) is 0 Å². The van der Waals surface area contributed by atoms with Gasteiger partial charge in [0.15, 0.2) is 0 Å². The van der Waals surface area contributed by atoms with Gasteiger partial charge < -0.3 is 80.2 Å². The quantitative estimate of drug-likeness (QED) is 0.0487. The first kappa shape index (κ1) is 61.2. The Bertz CT molecular complexity index is 2020. The summed E-state index contributed by atoms with van der Waals surface area (Å²) in [5.74, 6) is -12.6. The minimum Gasteiger partial charge on any atom is -0.508 e. The Morgan fingerprint density at radius 1 is 0.542 bits per heavy atom. The van der Waals surface area contributed by atoms with Crippen LogP contribution in [0.15, 0.2) is 24.3 Å². The molecule has 9 atom stereocenters. The molecule has 26 nitrogen and oxygen atoms in total. The lowest BCUT2D eigenvalue weighted by Gasteiger charge is -2.28. The van der Waals surface area contributed by atoms with Crippen LogP contribution in [0.1, 0.15) is 116 Å². The maximum atomic E-state index is 14.0. The van der Waals surface area contributed by atoms with Crippen molar-refractivity contribution in [3.63, 3.8) is 0 Å². The molecule has 1 heterocycles. The number of hydrogen-bond acceptors (Lipinski definition) is 15. The predicted molar refractivity (Wildman–Crippen MR) is 256 cm³/mol. The molecule has 2 rings (SSSR count). The lowest BCUT2D eigenvalue weighted by Crippen LogP contribution is -2.62. The van der Waals surface area contributed by atoms with Crippen molar-refractivity contribution < 1.29 is 73.2 Å². The normalized spacial score (nSPS) is 24.0. The molecule has 18 N–H and O–H groups in total. The Balaban J connectivity index is 2.69. The number of carbonyl (C=O) groups excluding carboxylic acids is 11. The summed E-state index contributed by atoms with van der Waals surface area (Å²) in [5.41, 5.74) is 16.4. The number of amides is 11. The molecule has 1 saturated heterocycles. The fourth-order valence-electron chi connectivity index (χ4n) is 7.56. The van der Waals surface area contributed by atoms with E-state index < -0.39 is 171 Å². The highest BCUT2D eigenvalue weighted by atomic mass is 16.3. The number of aromatic hydroxyl groups is 1. The van der Waals surface area contributed by atoms with Crippen molar-refractivity contribution in [1.29, 1.82) is 0 Å². The first-order valence-electron chi connectivity index (χ1n) is 24.0. The number of unbranched alkanes of at least 4 members (excludes halogenated alkanes) is 8. The zero-order chi connectivity index (χ0) is 53.9. The molecule has 0 bridgehead atoms. The van der Waals surface area contributed by atoms with E-state index in [1.54, 1.807) is 0 Å². The van der Waals surface area contributed by atoms with Gasteiger partial charge in [0.1, 0.15) is 48.0 Å². The van der Waals surface area contributed by atoms with Crippen molar-refractivity contribution in [3.05, 3.63) is 29.8 Å². The van der Waals surface area contributed by atoms with Crippen LogP contribution < -0.4 is 59.7 Å². The third kappa shape index (κ3) is 22.9. The highest BCUT2D eigenvalue weighted by molar-refractivity contribution is 6.00. The summed E-state index contributed by atoms with van der Waals surface area (Å²) in [6, 6.07) is -8.51. The lowest BCUT2D eigenvalue weighted by molar-refractivity contribution is -0.137. The van der Waals surface area contributed by atoms with E-state index >= 15 is 0 Å². The Morgan fingerprint density at radius 3 is 1.47 bits per heavy atom. The molecule has 9 unspecified atom stereocenters. The monoisotopic (exact) mass is 1020 g/mol. The molecule has 72 heavy (non-hydrogen) atoms. The van der Waals surface area contributed by atoms with E-state index in [1.807, 2.05) is 0 Å². The minimum atomic E-state index is -1.91. The van der Waals surface area contributed by atoms with Crippen LogP contribution in [0.2, 0.25) is 0 Å². The number of phenolic OH excluding ortho intramolecular Hbond substituents is 1. The number of carbonyl (C=O) groups is 11. The standard InChI is InChI=1S/C46H73N11O15/c1-3-4-5-6-7-8-9-10-11-12-27-20-38(65)51-33(23-58)44(70)52-29(17-18-35(47)62)40(66)54-31(21-36(48)63)42(68)53-30(19-26-13-15-28(61)16-14-26)41(67)55-32(22-37(49)64)43(69)56-34(24-59)45(71)57-39(25(2)60)46(72)50-27/h13-16,25,27,29-34,39,58-61H,3-12,17-24H2,1-2H3,(H2,47,62)(H2,48,63)(H2,49,64)(H,50,72)(H,51,65)(H,52,70)(H,53,68)(H,54,66)(H,55,67)(H,56,69)(H,57,71). The first-order valence-corrected chi connectivity index (χ1v) is 24.0. The SMILES string of the molecule is CCCCCCCCCCCC1CC(=O)NC(CO)C(=O)NC(CCC(N)=O)C(=O)NC(CC(N)=O)C(=O)NC(Cc2ccc(O)cc2)C(=O)NC(CC(N)=O)C(=O)NC(CO)C(=O)NC(C(C)O)C(=O)N1. The van der Waals surface area contributed by atoms with E-state index in [1.165, 1.54) is 24.3 Å². The molecule has 0 spiro atoms. The summed E-state index contributed by atoms with van der Waals surface area (Å²) < 4.78 is 0. The Hall–Kier alpha value is -6.93. The van der Waals surface area contributed by atoms with Gasteiger partial charge in [-0.05, 0) is 37.5 Å². The first-order chi connectivity index (χ1) is 34.1. The molecule has 1 aliphatic rings. The molecular formula is C46H73N11O15. The van der Waals surface area contributed by atoms with Crippen LogP contribution in [-0.2, 0) is 59.2 Å². The van der Waals surface area contributed by atoms with Crippen LogP contribution in [0.3, 0.4) is 0 Å². The molecule has 0 aliphatic carbocycles. The van der Waals surface area contributed by atoms with Crippen LogP contribution in [-0.4, -0.2) is 153 Å². The zero-order valence-electron chi connectivity index (χ0n) is 40.7. The summed E-state index contributed by atoms with van der Waals surface area (Å²) in [5, 5.41) is 59.5. The van der Waals surface area contributed by atoms with Gasteiger partial charge in [0.25, 0.3) is 0 Å². The van der Waals surface area contributed by atoms with Gasteiger partial charge >= 0.3 is 0 Å². The third-order valence-electron chi connectivity index (χ3n) is 11.5. The van der Waals surface area contributed by atoms with Crippen LogP contribution in [0, 0.1) is 0 Å². The van der Waals surface area contributed by atoms with E-state index in [-0.39, 0.29) is 17.7 Å². The van der Waals surface area contributed by atoms with E-state index in [2.05, 4.69) is 49.5 Å². The van der Waals surface area contributed by atoms with Gasteiger partial charge in [0.2, 0.25) is 65.0 Å². The number of aliphatic hydroxyl groups excluding tert-OH is 3. The fourth-order valence-corrected chi connectivity index (χ4v) is 7.56. The summed E-state index contributed by atoms with van der Waals surface area (Å²) in [6.07, 6.45) is 3.20. The molecule has 402 valence electrons. The number of primary amides is 3. The Labute approximate surface area is 416 Å². The number of phenols is 1. The molecule has 1 aromatic rings. The highest BCUT2D eigenvalue weighted by Crippen LogP contribution is 2.15.